The lowest BCUT2D eigenvalue weighted by atomic mass is 9.85. The molecule has 0 saturated heterocycles. The maximum atomic E-state index is 13.8. The van der Waals surface area contributed by atoms with Crippen LogP contribution in [0.4, 0.5) is 4.79 Å². The molecule has 9 nitrogen and oxygen atoms in total. The number of hydrogen-bond acceptors (Lipinski definition) is 7. The molecule has 0 spiro atoms. The topological polar surface area (TPSA) is 98.8 Å². The first kappa shape index (κ1) is 36.3. The van der Waals surface area contributed by atoms with Crippen molar-refractivity contribution in [3.05, 3.63) is 100 Å². The van der Waals surface area contributed by atoms with E-state index in [1.54, 1.807) is 15.3 Å². The van der Waals surface area contributed by atoms with Crippen LogP contribution in [0.5, 0.6) is 0 Å². The first-order chi connectivity index (χ1) is 22.5. The van der Waals surface area contributed by atoms with Gasteiger partial charge in [0.25, 0.3) is 5.56 Å². The molecule has 4 rings (SSSR count). The number of carbonyl (C=O) groups excluding carboxylic acids is 1. The number of ether oxygens (including phenoxy) is 3. The fraction of sp³-hybridized carbons (Fsp3) is 0.462. The Labute approximate surface area is 285 Å². The minimum atomic E-state index is -0.704. The van der Waals surface area contributed by atoms with Crippen LogP contribution in [0.1, 0.15) is 97.0 Å². The standard InChI is InChI=1S/C39H52N4O5/c1-11-32(26(3)46-12-2)33-18-19-41(36(44)34(33)22-40)24-29-16-17-30-21-31(43(35(30)20-29)37(45)48-39(8,9)10)25-42(23-28-14-13-15-28)27(4)47-38(5,6)7/h11,16-22,28,40H,3-4,12-15,23-25H2,1-2,5-10H3/b32-11-,40-22?. The van der Waals surface area contributed by atoms with E-state index in [-0.39, 0.29) is 17.7 Å². The smallest absolute Gasteiger partial charge is 0.419 e. The van der Waals surface area contributed by atoms with Crippen molar-refractivity contribution in [3.8, 4) is 0 Å². The first-order valence-electron chi connectivity index (χ1n) is 16.8. The van der Waals surface area contributed by atoms with Crippen molar-refractivity contribution in [3.63, 3.8) is 0 Å². The zero-order valence-corrected chi connectivity index (χ0v) is 29.9. The zero-order valence-electron chi connectivity index (χ0n) is 29.9. The number of nitrogens with one attached hydrogen (secondary N) is 1. The number of carbonyl (C=O) groups is 1. The van der Waals surface area contributed by atoms with Gasteiger partial charge in [-0.15, -0.1) is 0 Å². The van der Waals surface area contributed by atoms with Crippen LogP contribution < -0.4 is 5.56 Å². The highest BCUT2D eigenvalue weighted by molar-refractivity contribution is 5.92. The Kier molecular flexibility index (Phi) is 11.1. The number of allylic oxidation sites excluding steroid dienone is 2. The molecule has 1 aromatic carbocycles. The quantitative estimate of drug-likeness (QED) is 0.113. The average molecular weight is 657 g/mol. The van der Waals surface area contributed by atoms with Crippen LogP contribution in [0.3, 0.4) is 0 Å². The molecule has 48 heavy (non-hydrogen) atoms. The summed E-state index contributed by atoms with van der Waals surface area (Å²) in [6, 6.07) is 9.67. The van der Waals surface area contributed by atoms with Gasteiger partial charge in [0.15, 0.2) is 5.88 Å². The number of nitrogens with zero attached hydrogens (tertiary/aromatic N) is 3. The predicted octanol–water partition coefficient (Wildman–Crippen LogP) is 8.47. The molecule has 1 aliphatic rings. The van der Waals surface area contributed by atoms with Crippen LogP contribution in [0, 0.1) is 11.3 Å². The zero-order chi connectivity index (χ0) is 35.4. The molecule has 0 atom stereocenters. The third-order valence-corrected chi connectivity index (χ3v) is 8.25. The van der Waals surface area contributed by atoms with E-state index >= 15 is 0 Å². The van der Waals surface area contributed by atoms with E-state index in [1.165, 1.54) is 6.42 Å². The number of fused-ring (bicyclic) bond motifs is 1. The molecule has 2 aromatic heterocycles. The van der Waals surface area contributed by atoms with Gasteiger partial charge in [0.2, 0.25) is 0 Å². The Bertz CT molecular complexity index is 1780. The van der Waals surface area contributed by atoms with Crippen LogP contribution in [-0.4, -0.2) is 50.7 Å². The Hall–Kier alpha value is -4.53. The van der Waals surface area contributed by atoms with Crippen LogP contribution in [0.15, 0.2) is 72.2 Å². The van der Waals surface area contributed by atoms with Crippen molar-refractivity contribution >= 4 is 28.8 Å². The molecule has 258 valence electrons. The van der Waals surface area contributed by atoms with Gasteiger partial charge in [0.05, 0.1) is 30.8 Å². The summed E-state index contributed by atoms with van der Waals surface area (Å²) in [5.74, 6) is 1.57. The number of aromatic nitrogens is 2. The molecule has 3 aromatic rings. The van der Waals surface area contributed by atoms with E-state index in [1.807, 2.05) is 91.8 Å². The molecule has 0 radical (unpaired) electrons. The van der Waals surface area contributed by atoms with E-state index in [9.17, 15) is 9.59 Å². The van der Waals surface area contributed by atoms with Gasteiger partial charge in [0, 0.05) is 41.2 Å². The van der Waals surface area contributed by atoms with Crippen LogP contribution >= 0.6 is 0 Å². The summed E-state index contributed by atoms with van der Waals surface area (Å²) in [6.45, 7) is 25.4. The van der Waals surface area contributed by atoms with Gasteiger partial charge >= 0.3 is 6.09 Å². The monoisotopic (exact) mass is 656 g/mol. The van der Waals surface area contributed by atoms with E-state index in [0.717, 1.165) is 42.2 Å². The number of benzene rings is 1. The van der Waals surface area contributed by atoms with Crippen LogP contribution in [-0.2, 0) is 27.3 Å². The van der Waals surface area contributed by atoms with Crippen molar-refractivity contribution < 1.29 is 19.0 Å². The SMILES string of the molecule is C=C(OCC)/C(=C/C)c1ccn(Cc2ccc3cc(CN(CC4CCC4)C(=C)OC(C)(C)C)n(C(=O)OC(C)(C)C)c3c2)c(=O)c1C=N. The lowest BCUT2D eigenvalue weighted by molar-refractivity contribution is -0.00761. The average Bonchev–Trinajstić information content (AvgIpc) is 3.31. The number of hydrogen-bond donors (Lipinski definition) is 1. The molecule has 1 aliphatic carbocycles. The van der Waals surface area contributed by atoms with Crippen molar-refractivity contribution in [1.29, 1.82) is 5.41 Å². The summed E-state index contributed by atoms with van der Waals surface area (Å²) >= 11 is 0. The fourth-order valence-electron chi connectivity index (χ4n) is 5.90. The maximum absolute atomic E-state index is 13.8. The molecule has 0 aliphatic heterocycles. The van der Waals surface area contributed by atoms with Gasteiger partial charge < -0.3 is 29.1 Å². The maximum Gasteiger partial charge on any atom is 0.419 e. The Morgan fingerprint density at radius 3 is 2.31 bits per heavy atom. The molecule has 0 unspecified atom stereocenters. The second-order valence-electron chi connectivity index (χ2n) is 14.4. The molecular formula is C39H52N4O5. The van der Waals surface area contributed by atoms with E-state index in [4.69, 9.17) is 19.6 Å². The third-order valence-electron chi connectivity index (χ3n) is 8.25. The van der Waals surface area contributed by atoms with Crippen LogP contribution in [0.2, 0.25) is 0 Å². The summed E-state index contributed by atoms with van der Waals surface area (Å²) in [6.07, 6.45) is 7.69. The Morgan fingerprint density at radius 1 is 1.06 bits per heavy atom. The summed E-state index contributed by atoms with van der Waals surface area (Å²) in [5.41, 5.74) is 2.35. The lowest BCUT2D eigenvalue weighted by Gasteiger charge is -2.36. The van der Waals surface area contributed by atoms with Crippen molar-refractivity contribution in [2.45, 2.75) is 98.9 Å². The van der Waals surface area contributed by atoms with Crippen LogP contribution in [0.25, 0.3) is 16.5 Å². The molecule has 9 heteroatoms. The van der Waals surface area contributed by atoms with Gasteiger partial charge in [-0.1, -0.05) is 31.2 Å². The van der Waals surface area contributed by atoms with E-state index < -0.39 is 17.3 Å². The van der Waals surface area contributed by atoms with Crippen molar-refractivity contribution in [2.24, 2.45) is 5.92 Å². The summed E-state index contributed by atoms with van der Waals surface area (Å²) in [4.78, 5) is 29.6. The summed E-state index contributed by atoms with van der Waals surface area (Å²) in [5, 5.41) is 8.93. The summed E-state index contributed by atoms with van der Waals surface area (Å²) in [7, 11) is 0. The molecule has 0 bridgehead atoms. The normalized spacial score (nSPS) is 14.0. The van der Waals surface area contributed by atoms with Gasteiger partial charge in [-0.05, 0) is 104 Å². The second-order valence-corrected chi connectivity index (χ2v) is 14.4. The highest BCUT2D eigenvalue weighted by Crippen LogP contribution is 2.32. The van der Waals surface area contributed by atoms with Gasteiger partial charge in [0.1, 0.15) is 17.0 Å². The molecule has 1 N–H and O–H groups in total. The van der Waals surface area contributed by atoms with Gasteiger partial charge in [-0.25, -0.2) is 9.36 Å². The van der Waals surface area contributed by atoms with Gasteiger partial charge in [-0.3, -0.25) is 4.79 Å². The minimum absolute atomic E-state index is 0.242. The van der Waals surface area contributed by atoms with E-state index in [0.29, 0.717) is 47.4 Å². The highest BCUT2D eigenvalue weighted by atomic mass is 16.6. The minimum Gasteiger partial charge on any atom is -0.494 e. The van der Waals surface area contributed by atoms with E-state index in [2.05, 4.69) is 18.1 Å². The number of rotatable bonds is 13. The number of pyridine rings is 1. The highest BCUT2D eigenvalue weighted by Gasteiger charge is 2.28. The Morgan fingerprint density at radius 2 is 1.75 bits per heavy atom. The van der Waals surface area contributed by atoms with Crippen molar-refractivity contribution in [1.82, 2.24) is 14.0 Å². The molecule has 2 heterocycles. The lowest BCUT2D eigenvalue weighted by Crippen LogP contribution is -2.36. The summed E-state index contributed by atoms with van der Waals surface area (Å²) < 4.78 is 20.9. The predicted molar refractivity (Wildman–Crippen MR) is 193 cm³/mol. The second kappa shape index (κ2) is 14.7. The molecular weight excluding hydrogens is 604 g/mol. The van der Waals surface area contributed by atoms with Gasteiger partial charge in [-0.2, -0.15) is 0 Å². The molecule has 1 fully saturated rings. The fourth-order valence-corrected chi connectivity index (χ4v) is 5.90. The molecule has 1 saturated carbocycles. The largest absolute Gasteiger partial charge is 0.494 e. The Balaban J connectivity index is 1.75. The third kappa shape index (κ3) is 8.68. The molecule has 0 amide bonds. The van der Waals surface area contributed by atoms with Crippen molar-refractivity contribution in [2.75, 3.05) is 13.2 Å². The first-order valence-corrected chi connectivity index (χ1v) is 16.8.